The van der Waals surface area contributed by atoms with Gasteiger partial charge in [0.2, 0.25) is 0 Å². The summed E-state index contributed by atoms with van der Waals surface area (Å²) < 4.78 is 2.18. The molecule has 0 amide bonds. The molecule has 6 heteroatoms. The number of nitrogens with zero attached hydrogens (tertiary/aromatic N) is 6. The molecular formula is C17H26N6. The zero-order valence-corrected chi connectivity index (χ0v) is 14.3. The van der Waals surface area contributed by atoms with Gasteiger partial charge < -0.3 is 9.47 Å². The summed E-state index contributed by atoms with van der Waals surface area (Å²) in [6.07, 6.45) is 6.15. The highest BCUT2D eigenvalue weighted by atomic mass is 15.3. The van der Waals surface area contributed by atoms with E-state index in [0.717, 1.165) is 37.8 Å². The second kappa shape index (κ2) is 7.19. The molecule has 0 spiro atoms. The van der Waals surface area contributed by atoms with Crippen molar-refractivity contribution >= 4 is 0 Å². The van der Waals surface area contributed by atoms with Crippen molar-refractivity contribution in [2.45, 2.75) is 31.8 Å². The summed E-state index contributed by atoms with van der Waals surface area (Å²) in [4.78, 5) is 8.74. The van der Waals surface area contributed by atoms with E-state index < -0.39 is 0 Å². The highest BCUT2D eigenvalue weighted by molar-refractivity contribution is 5.10. The quantitative estimate of drug-likeness (QED) is 0.840. The predicted molar refractivity (Wildman–Crippen MR) is 89.9 cm³/mol. The predicted octanol–water partition coefficient (Wildman–Crippen LogP) is 1.65. The van der Waals surface area contributed by atoms with Crippen molar-refractivity contribution in [1.29, 1.82) is 0 Å². The van der Waals surface area contributed by atoms with Crippen LogP contribution in [0.3, 0.4) is 0 Å². The number of hydrogen-bond acceptors (Lipinski definition) is 5. The van der Waals surface area contributed by atoms with E-state index in [4.69, 9.17) is 0 Å². The molecule has 2 aromatic rings. The first kappa shape index (κ1) is 16.1. The highest BCUT2D eigenvalue weighted by Gasteiger charge is 2.26. The fourth-order valence-electron chi connectivity index (χ4n) is 3.31. The second-order valence-corrected chi connectivity index (χ2v) is 6.70. The molecule has 1 atom stereocenters. The average Bonchev–Trinajstić information content (AvgIpc) is 2.89. The number of piperidine rings is 1. The smallest absolute Gasteiger partial charge is 0.146 e. The lowest BCUT2D eigenvalue weighted by atomic mass is 9.96. The van der Waals surface area contributed by atoms with Crippen LogP contribution in [0.15, 0.2) is 24.5 Å². The van der Waals surface area contributed by atoms with Gasteiger partial charge >= 0.3 is 0 Å². The Labute approximate surface area is 138 Å². The topological polar surface area (TPSA) is 50.1 Å². The molecular weight excluding hydrogens is 288 g/mol. The normalized spacial score (nSPS) is 19.4. The van der Waals surface area contributed by atoms with E-state index in [1.165, 1.54) is 18.4 Å². The van der Waals surface area contributed by atoms with Gasteiger partial charge in [-0.15, -0.1) is 10.2 Å². The van der Waals surface area contributed by atoms with Gasteiger partial charge in [-0.3, -0.25) is 9.88 Å². The summed E-state index contributed by atoms with van der Waals surface area (Å²) in [6, 6.07) is 4.20. The van der Waals surface area contributed by atoms with E-state index in [0.29, 0.717) is 5.92 Å². The first-order chi connectivity index (χ1) is 11.1. The van der Waals surface area contributed by atoms with Gasteiger partial charge in [-0.1, -0.05) is 0 Å². The maximum absolute atomic E-state index is 4.48. The van der Waals surface area contributed by atoms with E-state index in [1.54, 1.807) is 0 Å². The fourth-order valence-corrected chi connectivity index (χ4v) is 3.31. The van der Waals surface area contributed by atoms with Gasteiger partial charge in [-0.05, 0) is 51.2 Å². The highest BCUT2D eigenvalue weighted by Crippen LogP contribution is 2.26. The van der Waals surface area contributed by atoms with Gasteiger partial charge in [0.05, 0.1) is 6.54 Å². The van der Waals surface area contributed by atoms with Crippen LogP contribution in [0.5, 0.6) is 0 Å². The van der Waals surface area contributed by atoms with Crippen LogP contribution in [0.4, 0.5) is 0 Å². The maximum Gasteiger partial charge on any atom is 0.146 e. The van der Waals surface area contributed by atoms with Gasteiger partial charge in [0, 0.05) is 38.4 Å². The van der Waals surface area contributed by atoms with E-state index in [-0.39, 0.29) is 0 Å². The first-order valence-electron chi connectivity index (χ1n) is 8.27. The average molecular weight is 314 g/mol. The molecule has 2 aromatic heterocycles. The summed E-state index contributed by atoms with van der Waals surface area (Å²) in [6.45, 7) is 4.02. The monoisotopic (exact) mass is 314 g/mol. The third-order valence-corrected chi connectivity index (χ3v) is 4.48. The largest absolute Gasteiger partial charge is 0.317 e. The molecule has 0 aromatic carbocycles. The molecule has 0 radical (unpaired) electrons. The summed E-state index contributed by atoms with van der Waals surface area (Å²) in [5, 5.41) is 8.87. The minimum absolute atomic E-state index is 0.471. The Morgan fingerprint density at radius 1 is 1.22 bits per heavy atom. The molecule has 0 saturated carbocycles. The van der Waals surface area contributed by atoms with Crippen LogP contribution in [0.25, 0.3) is 0 Å². The van der Waals surface area contributed by atoms with Crippen molar-refractivity contribution in [3.63, 3.8) is 0 Å². The Bertz CT molecular complexity index is 621. The minimum atomic E-state index is 0.471. The van der Waals surface area contributed by atoms with Crippen LogP contribution < -0.4 is 0 Å². The van der Waals surface area contributed by atoms with Crippen LogP contribution >= 0.6 is 0 Å². The number of likely N-dealkylation sites (tertiary alicyclic amines) is 1. The van der Waals surface area contributed by atoms with Crippen LogP contribution in [0.1, 0.15) is 36.0 Å². The molecule has 1 fully saturated rings. The fraction of sp³-hybridized carbons (Fsp3) is 0.588. The molecule has 1 saturated heterocycles. The molecule has 0 aliphatic carbocycles. The Balaban J connectivity index is 1.68. The zero-order chi connectivity index (χ0) is 16.2. The SMILES string of the molecule is CN(C)Cc1nnc([C@H]2CCCN(Cc3ccncc3)C2)n1C. The molecule has 6 nitrogen and oxygen atoms in total. The molecule has 124 valence electrons. The Hall–Kier alpha value is -1.79. The van der Waals surface area contributed by atoms with Gasteiger partial charge in [0.25, 0.3) is 0 Å². The van der Waals surface area contributed by atoms with Crippen molar-refractivity contribution in [2.24, 2.45) is 7.05 Å². The molecule has 23 heavy (non-hydrogen) atoms. The Kier molecular flexibility index (Phi) is 5.03. The molecule has 1 aliphatic rings. The first-order valence-corrected chi connectivity index (χ1v) is 8.27. The zero-order valence-electron chi connectivity index (χ0n) is 14.3. The lowest BCUT2D eigenvalue weighted by molar-refractivity contribution is 0.195. The molecule has 3 heterocycles. The van der Waals surface area contributed by atoms with Crippen molar-refractivity contribution in [1.82, 2.24) is 29.5 Å². The standard InChI is InChI=1S/C17H26N6/c1-21(2)13-16-19-20-17(22(16)3)15-5-4-10-23(12-15)11-14-6-8-18-9-7-14/h6-9,15H,4-5,10-13H2,1-3H3/t15-/m0/s1. The van der Waals surface area contributed by atoms with Gasteiger partial charge in [0.15, 0.2) is 0 Å². The third kappa shape index (κ3) is 3.95. The van der Waals surface area contributed by atoms with Crippen LogP contribution in [-0.2, 0) is 20.1 Å². The van der Waals surface area contributed by atoms with E-state index in [9.17, 15) is 0 Å². The van der Waals surface area contributed by atoms with Crippen molar-refractivity contribution in [3.05, 3.63) is 41.7 Å². The molecule has 1 aliphatic heterocycles. The third-order valence-electron chi connectivity index (χ3n) is 4.48. The van der Waals surface area contributed by atoms with Gasteiger partial charge in [0.1, 0.15) is 11.6 Å². The second-order valence-electron chi connectivity index (χ2n) is 6.70. The van der Waals surface area contributed by atoms with Crippen molar-refractivity contribution in [3.8, 4) is 0 Å². The van der Waals surface area contributed by atoms with Crippen LogP contribution in [0, 0.1) is 0 Å². The lowest BCUT2D eigenvalue weighted by Gasteiger charge is -2.32. The number of rotatable bonds is 5. The summed E-state index contributed by atoms with van der Waals surface area (Å²) in [5.41, 5.74) is 1.33. The molecule has 0 N–H and O–H groups in total. The number of hydrogen-bond donors (Lipinski definition) is 0. The summed E-state index contributed by atoms with van der Waals surface area (Å²) in [5.74, 6) is 2.64. The molecule has 3 rings (SSSR count). The van der Waals surface area contributed by atoms with Crippen LogP contribution in [-0.4, -0.2) is 56.7 Å². The summed E-state index contributed by atoms with van der Waals surface area (Å²) in [7, 11) is 6.22. The summed E-state index contributed by atoms with van der Waals surface area (Å²) >= 11 is 0. The van der Waals surface area contributed by atoms with Crippen LogP contribution in [0.2, 0.25) is 0 Å². The number of pyridine rings is 1. The maximum atomic E-state index is 4.48. The Morgan fingerprint density at radius 2 is 2.00 bits per heavy atom. The van der Waals surface area contributed by atoms with Crippen molar-refractivity contribution < 1.29 is 0 Å². The Morgan fingerprint density at radius 3 is 2.74 bits per heavy atom. The minimum Gasteiger partial charge on any atom is -0.317 e. The van der Waals surface area contributed by atoms with Gasteiger partial charge in [-0.25, -0.2) is 0 Å². The van der Waals surface area contributed by atoms with Crippen molar-refractivity contribution in [2.75, 3.05) is 27.2 Å². The van der Waals surface area contributed by atoms with Gasteiger partial charge in [-0.2, -0.15) is 0 Å². The van der Waals surface area contributed by atoms with E-state index >= 15 is 0 Å². The lowest BCUT2D eigenvalue weighted by Crippen LogP contribution is -2.34. The van der Waals surface area contributed by atoms with E-state index in [1.807, 2.05) is 12.4 Å². The number of aromatic nitrogens is 4. The van der Waals surface area contributed by atoms with E-state index in [2.05, 4.69) is 62.8 Å². The molecule has 0 unspecified atom stereocenters. The molecule has 0 bridgehead atoms.